The van der Waals surface area contributed by atoms with E-state index < -0.39 is 0 Å². The summed E-state index contributed by atoms with van der Waals surface area (Å²) in [6.07, 6.45) is 0. The molecule has 0 saturated carbocycles. The Morgan fingerprint density at radius 3 is 1.92 bits per heavy atom. The highest BCUT2D eigenvalue weighted by molar-refractivity contribution is 7.25. The van der Waals surface area contributed by atoms with Crippen LogP contribution in [0.5, 0.6) is 0 Å². The fourth-order valence-corrected chi connectivity index (χ4v) is 10.1. The third kappa shape index (κ3) is 4.56. The Bertz CT molecular complexity index is 3090. The van der Waals surface area contributed by atoms with Gasteiger partial charge < -0.3 is 4.90 Å². The van der Waals surface area contributed by atoms with Crippen molar-refractivity contribution in [2.24, 2.45) is 0 Å². The molecule has 11 rings (SSSR count). The predicted molar refractivity (Wildman–Crippen MR) is 230 cm³/mol. The molecule has 2 heteroatoms. The highest BCUT2D eigenvalue weighted by Crippen LogP contribution is 2.54. The average Bonchev–Trinajstić information content (AvgIpc) is 3.70. The lowest BCUT2D eigenvalue weighted by atomic mass is 9.82. The van der Waals surface area contributed by atoms with Crippen molar-refractivity contribution in [2.75, 3.05) is 4.90 Å². The molecule has 0 unspecified atom stereocenters. The molecule has 9 aromatic carbocycles. The molecule has 0 bridgehead atoms. The molecule has 0 saturated heterocycles. The Balaban J connectivity index is 1.09. The summed E-state index contributed by atoms with van der Waals surface area (Å²) in [6, 6.07) is 65.5. The molecule has 53 heavy (non-hydrogen) atoms. The number of hydrogen-bond acceptors (Lipinski definition) is 2. The minimum Gasteiger partial charge on any atom is -0.310 e. The van der Waals surface area contributed by atoms with Gasteiger partial charge in [-0.25, -0.2) is 0 Å². The summed E-state index contributed by atoms with van der Waals surface area (Å²) in [6.45, 7) is 4.72. The molecule has 0 aliphatic heterocycles. The summed E-state index contributed by atoms with van der Waals surface area (Å²) < 4.78 is 2.63. The molecule has 0 radical (unpaired) electrons. The SMILES string of the molecule is CC1(C)c2ccccc2-c2c(N(c3ccc(-c4ccc5ccc6c7ccccc7ccc6c5c4)cc3)c3ccc4sc5ccccc5c4c3)cccc21. The lowest BCUT2D eigenvalue weighted by Crippen LogP contribution is -2.16. The normalized spacial score (nSPS) is 13.2. The zero-order valence-corrected chi connectivity index (χ0v) is 30.4. The summed E-state index contributed by atoms with van der Waals surface area (Å²) >= 11 is 1.87. The molecule has 1 aliphatic rings. The van der Waals surface area contributed by atoms with Gasteiger partial charge in [-0.3, -0.25) is 0 Å². The van der Waals surface area contributed by atoms with Crippen molar-refractivity contribution in [3.8, 4) is 22.3 Å². The summed E-state index contributed by atoms with van der Waals surface area (Å²) in [5.41, 5.74) is 11.2. The number of fused-ring (bicyclic) bond motifs is 11. The molecular weight excluding hydrogens is 659 g/mol. The molecule has 1 heterocycles. The Kier molecular flexibility index (Phi) is 6.53. The van der Waals surface area contributed by atoms with Crippen molar-refractivity contribution in [2.45, 2.75) is 19.3 Å². The van der Waals surface area contributed by atoms with Crippen molar-refractivity contribution in [3.63, 3.8) is 0 Å². The maximum absolute atomic E-state index is 2.48. The van der Waals surface area contributed by atoms with Gasteiger partial charge in [-0.1, -0.05) is 141 Å². The van der Waals surface area contributed by atoms with Crippen molar-refractivity contribution < 1.29 is 0 Å². The van der Waals surface area contributed by atoms with Crippen molar-refractivity contribution >= 4 is 80.9 Å². The van der Waals surface area contributed by atoms with Crippen LogP contribution in [0, 0.1) is 0 Å². The highest BCUT2D eigenvalue weighted by Gasteiger charge is 2.37. The third-order valence-corrected chi connectivity index (χ3v) is 12.8. The van der Waals surface area contributed by atoms with Crippen molar-refractivity contribution in [1.29, 1.82) is 0 Å². The van der Waals surface area contributed by atoms with Gasteiger partial charge in [-0.2, -0.15) is 0 Å². The van der Waals surface area contributed by atoms with Crippen LogP contribution in [0.1, 0.15) is 25.0 Å². The standard InChI is InChI=1S/C51H35NS/c1-51(2)45-14-7-5-13-42(45)50-46(51)15-9-16-47(50)52(37-26-29-49-44(31-37)41-12-6-8-17-48(41)53-49)36-24-20-32(21-25-36)35-19-18-34-23-27-39-38-11-4-3-10-33(38)22-28-40(39)43(34)30-35/h3-31H,1-2H3. The van der Waals surface area contributed by atoms with Gasteiger partial charge in [0, 0.05) is 42.5 Å². The Morgan fingerprint density at radius 1 is 0.415 bits per heavy atom. The summed E-state index contributed by atoms with van der Waals surface area (Å²) in [5, 5.41) is 10.3. The first-order valence-corrected chi connectivity index (χ1v) is 19.2. The highest BCUT2D eigenvalue weighted by atomic mass is 32.1. The first kappa shape index (κ1) is 30.4. The zero-order valence-electron chi connectivity index (χ0n) is 29.6. The molecule has 1 nitrogen and oxygen atoms in total. The number of thiophene rings is 1. The molecular formula is C51H35NS. The molecule has 250 valence electrons. The Morgan fingerprint density at radius 2 is 1.06 bits per heavy atom. The monoisotopic (exact) mass is 693 g/mol. The van der Waals surface area contributed by atoms with Crippen LogP contribution in [0.3, 0.4) is 0 Å². The zero-order chi connectivity index (χ0) is 35.3. The van der Waals surface area contributed by atoms with E-state index in [1.807, 2.05) is 11.3 Å². The van der Waals surface area contributed by atoms with E-state index >= 15 is 0 Å². The van der Waals surface area contributed by atoms with Crippen LogP contribution in [-0.2, 0) is 5.41 Å². The van der Waals surface area contributed by atoms with Crippen LogP contribution in [0.4, 0.5) is 17.1 Å². The second-order valence-corrected chi connectivity index (χ2v) is 16.0. The summed E-state index contributed by atoms with van der Waals surface area (Å²) in [4.78, 5) is 2.48. The second kappa shape index (κ2) is 11.4. The number of anilines is 3. The number of rotatable bonds is 4. The maximum atomic E-state index is 2.48. The van der Waals surface area contributed by atoms with Crippen LogP contribution in [0.2, 0.25) is 0 Å². The van der Waals surface area contributed by atoms with E-state index in [0.717, 1.165) is 11.4 Å². The first-order chi connectivity index (χ1) is 26.0. The van der Waals surface area contributed by atoms with E-state index in [2.05, 4.69) is 195 Å². The number of hydrogen-bond donors (Lipinski definition) is 0. The van der Waals surface area contributed by atoms with E-state index in [1.165, 1.54) is 91.6 Å². The van der Waals surface area contributed by atoms with Gasteiger partial charge in [0.25, 0.3) is 0 Å². The quantitative estimate of drug-likeness (QED) is 0.166. The van der Waals surface area contributed by atoms with Gasteiger partial charge >= 0.3 is 0 Å². The summed E-state index contributed by atoms with van der Waals surface area (Å²) in [5.74, 6) is 0. The fraction of sp³-hybridized carbons (Fsp3) is 0.0588. The maximum Gasteiger partial charge on any atom is 0.0543 e. The molecule has 0 atom stereocenters. The predicted octanol–water partition coefficient (Wildman–Crippen LogP) is 15.0. The van der Waals surface area contributed by atoms with Crippen LogP contribution in [0.15, 0.2) is 176 Å². The fourth-order valence-electron chi connectivity index (χ4n) is 9.00. The van der Waals surface area contributed by atoms with Gasteiger partial charge in [-0.15, -0.1) is 11.3 Å². The van der Waals surface area contributed by atoms with Crippen molar-refractivity contribution in [3.05, 3.63) is 187 Å². The Hall–Kier alpha value is -6.22. The minimum absolute atomic E-state index is 0.0858. The molecule has 0 spiro atoms. The lowest BCUT2D eigenvalue weighted by molar-refractivity contribution is 0.660. The van der Waals surface area contributed by atoms with Gasteiger partial charge in [-0.05, 0) is 109 Å². The van der Waals surface area contributed by atoms with Gasteiger partial charge in [0.15, 0.2) is 0 Å². The third-order valence-electron chi connectivity index (χ3n) is 11.6. The van der Waals surface area contributed by atoms with Crippen molar-refractivity contribution in [1.82, 2.24) is 0 Å². The minimum atomic E-state index is -0.0858. The molecule has 1 aliphatic carbocycles. The largest absolute Gasteiger partial charge is 0.310 e. The van der Waals surface area contributed by atoms with Gasteiger partial charge in [0.1, 0.15) is 0 Å². The molecule has 10 aromatic rings. The van der Waals surface area contributed by atoms with Crippen LogP contribution in [0.25, 0.3) is 74.7 Å². The van der Waals surface area contributed by atoms with E-state index in [-0.39, 0.29) is 5.41 Å². The van der Waals surface area contributed by atoms with E-state index in [4.69, 9.17) is 0 Å². The molecule has 1 aromatic heterocycles. The molecule has 0 amide bonds. The average molecular weight is 694 g/mol. The van der Waals surface area contributed by atoms with E-state index in [1.54, 1.807) is 0 Å². The topological polar surface area (TPSA) is 3.24 Å². The van der Waals surface area contributed by atoms with Crippen LogP contribution < -0.4 is 4.90 Å². The van der Waals surface area contributed by atoms with Crippen LogP contribution >= 0.6 is 11.3 Å². The summed E-state index contributed by atoms with van der Waals surface area (Å²) in [7, 11) is 0. The smallest absolute Gasteiger partial charge is 0.0543 e. The Labute approximate surface area is 313 Å². The number of benzene rings is 9. The van der Waals surface area contributed by atoms with Gasteiger partial charge in [0.2, 0.25) is 0 Å². The van der Waals surface area contributed by atoms with Crippen LogP contribution in [-0.4, -0.2) is 0 Å². The van der Waals surface area contributed by atoms with E-state index in [0.29, 0.717) is 0 Å². The number of nitrogens with zero attached hydrogens (tertiary/aromatic N) is 1. The molecule has 0 N–H and O–H groups in total. The first-order valence-electron chi connectivity index (χ1n) is 18.4. The lowest BCUT2D eigenvalue weighted by Gasteiger charge is -2.29. The van der Waals surface area contributed by atoms with Gasteiger partial charge in [0.05, 0.1) is 5.69 Å². The molecule has 0 fully saturated rings. The second-order valence-electron chi connectivity index (χ2n) is 14.9. The van der Waals surface area contributed by atoms with E-state index in [9.17, 15) is 0 Å².